The maximum atomic E-state index is 12.3. The van der Waals surface area contributed by atoms with Crippen LogP contribution in [0.4, 0.5) is 0 Å². The molecule has 29 heavy (non-hydrogen) atoms. The number of benzene rings is 1. The second-order valence-corrected chi connectivity index (χ2v) is 9.20. The molecule has 0 spiro atoms. The summed E-state index contributed by atoms with van der Waals surface area (Å²) in [5.41, 5.74) is 0.829. The van der Waals surface area contributed by atoms with Crippen LogP contribution in [-0.2, 0) is 26.0 Å². The zero-order valence-electron chi connectivity index (χ0n) is 18.1. The number of nitrogens with one attached hydrogen (secondary N) is 3. The molecule has 8 nitrogen and oxygen atoms in total. The Bertz CT molecular complexity index is 736. The fourth-order valence-corrected chi connectivity index (χ4v) is 3.61. The van der Waals surface area contributed by atoms with Gasteiger partial charge in [-0.15, -0.1) is 24.0 Å². The van der Waals surface area contributed by atoms with Crippen molar-refractivity contribution < 1.29 is 17.9 Å². The van der Waals surface area contributed by atoms with Gasteiger partial charge in [-0.25, -0.2) is 13.1 Å². The van der Waals surface area contributed by atoms with Crippen LogP contribution >= 0.6 is 24.0 Å². The quantitative estimate of drug-likeness (QED) is 0.181. The van der Waals surface area contributed by atoms with Crippen LogP contribution in [0.5, 0.6) is 0 Å². The smallest absolute Gasteiger partial charge is 0.240 e. The molecular formula is C19H35IN4O4S. The predicted molar refractivity (Wildman–Crippen MR) is 127 cm³/mol. The first-order valence-corrected chi connectivity index (χ1v) is 10.7. The Hall–Kier alpha value is -0.950. The van der Waals surface area contributed by atoms with Crippen molar-refractivity contribution in [3.05, 3.63) is 29.8 Å². The Kier molecular flexibility index (Phi) is 12.9. The van der Waals surface area contributed by atoms with Crippen LogP contribution < -0.4 is 15.4 Å². The summed E-state index contributed by atoms with van der Waals surface area (Å²) in [6.07, 6.45) is 0.0256. The molecule has 168 valence electrons. The zero-order valence-corrected chi connectivity index (χ0v) is 21.3. The van der Waals surface area contributed by atoms with Gasteiger partial charge in [0.2, 0.25) is 10.0 Å². The fraction of sp³-hybridized carbons (Fsp3) is 0.632. The van der Waals surface area contributed by atoms with Crippen molar-refractivity contribution in [3.63, 3.8) is 0 Å². The molecule has 1 aromatic rings. The van der Waals surface area contributed by atoms with Gasteiger partial charge in [-0.1, -0.05) is 32.9 Å². The van der Waals surface area contributed by atoms with Crippen molar-refractivity contribution in [2.45, 2.75) is 38.3 Å². The van der Waals surface area contributed by atoms with Crippen molar-refractivity contribution in [1.29, 1.82) is 0 Å². The van der Waals surface area contributed by atoms with Crippen LogP contribution in [0.15, 0.2) is 34.2 Å². The van der Waals surface area contributed by atoms with Gasteiger partial charge in [0.25, 0.3) is 0 Å². The lowest BCUT2D eigenvalue weighted by atomic mass is 9.89. The minimum absolute atomic E-state index is 0. The van der Waals surface area contributed by atoms with Gasteiger partial charge < -0.3 is 20.1 Å². The van der Waals surface area contributed by atoms with Crippen LogP contribution in [-0.4, -0.2) is 61.4 Å². The van der Waals surface area contributed by atoms with Gasteiger partial charge in [0.05, 0.1) is 17.6 Å². The van der Waals surface area contributed by atoms with Gasteiger partial charge in [-0.05, 0) is 23.1 Å². The van der Waals surface area contributed by atoms with E-state index in [4.69, 9.17) is 9.47 Å². The minimum Gasteiger partial charge on any atom is -0.383 e. The number of methoxy groups -OCH3 is 2. The molecule has 0 aliphatic carbocycles. The molecule has 0 fully saturated rings. The molecule has 0 radical (unpaired) electrons. The standard InChI is InChI=1S/C19H34N4O4S.HI/c1-19(2,3)17(27-6)14-22-18(20-4)21-13-15-8-7-9-16(12-15)28(24,25)23-10-11-26-5;/h7-9,12,17,23H,10-11,13-14H2,1-6H3,(H2,20,21,22);1H. The average molecular weight is 542 g/mol. The van der Waals surface area contributed by atoms with Crippen molar-refractivity contribution in [1.82, 2.24) is 15.4 Å². The number of sulfonamides is 1. The SMILES string of the molecule is CN=C(NCc1cccc(S(=O)(=O)NCCOC)c1)NCC(OC)C(C)(C)C.I. The molecule has 0 amide bonds. The van der Waals surface area contributed by atoms with Gasteiger partial charge in [0, 0.05) is 40.9 Å². The number of guanidine groups is 1. The lowest BCUT2D eigenvalue weighted by Gasteiger charge is -2.30. The van der Waals surface area contributed by atoms with Crippen LogP contribution in [0.25, 0.3) is 0 Å². The molecule has 0 aliphatic heterocycles. The second-order valence-electron chi connectivity index (χ2n) is 7.44. The van der Waals surface area contributed by atoms with Gasteiger partial charge in [0.15, 0.2) is 5.96 Å². The molecule has 1 atom stereocenters. The molecule has 0 heterocycles. The summed E-state index contributed by atoms with van der Waals surface area (Å²) in [4.78, 5) is 4.43. The first kappa shape index (κ1) is 28.1. The number of hydrogen-bond acceptors (Lipinski definition) is 5. The first-order valence-electron chi connectivity index (χ1n) is 9.19. The number of aliphatic imine (C=N–C) groups is 1. The van der Waals surface area contributed by atoms with E-state index in [-0.39, 0.29) is 46.9 Å². The third-order valence-electron chi connectivity index (χ3n) is 4.20. The Labute approximate surface area is 192 Å². The summed E-state index contributed by atoms with van der Waals surface area (Å²) < 4.78 is 37.6. The van der Waals surface area contributed by atoms with E-state index in [0.717, 1.165) is 5.56 Å². The fourth-order valence-electron chi connectivity index (χ4n) is 2.52. The van der Waals surface area contributed by atoms with E-state index >= 15 is 0 Å². The van der Waals surface area contributed by atoms with Gasteiger partial charge >= 0.3 is 0 Å². The molecule has 3 N–H and O–H groups in total. The van der Waals surface area contributed by atoms with Crippen molar-refractivity contribution >= 4 is 40.0 Å². The zero-order chi connectivity index (χ0) is 21.2. The molecular weight excluding hydrogens is 507 g/mol. The van der Waals surface area contributed by atoms with E-state index in [1.807, 2.05) is 6.07 Å². The summed E-state index contributed by atoms with van der Waals surface area (Å²) in [5.74, 6) is 0.623. The van der Waals surface area contributed by atoms with Crippen molar-refractivity contribution in [3.8, 4) is 0 Å². The molecule has 0 saturated heterocycles. The first-order chi connectivity index (χ1) is 13.1. The van der Waals surface area contributed by atoms with E-state index in [0.29, 0.717) is 25.7 Å². The Morgan fingerprint density at radius 1 is 1.21 bits per heavy atom. The normalized spacial score (nSPS) is 13.5. The van der Waals surface area contributed by atoms with Gasteiger partial charge in [-0.3, -0.25) is 4.99 Å². The number of nitrogens with zero attached hydrogens (tertiary/aromatic N) is 1. The molecule has 10 heteroatoms. The van der Waals surface area contributed by atoms with Crippen LogP contribution in [0.2, 0.25) is 0 Å². The van der Waals surface area contributed by atoms with Crippen LogP contribution in [0.1, 0.15) is 26.3 Å². The van der Waals surface area contributed by atoms with E-state index in [1.54, 1.807) is 32.4 Å². The maximum absolute atomic E-state index is 12.3. The lowest BCUT2D eigenvalue weighted by Crippen LogP contribution is -2.45. The van der Waals surface area contributed by atoms with Crippen molar-refractivity contribution in [2.24, 2.45) is 10.4 Å². The number of halogens is 1. The number of ether oxygens (including phenoxy) is 2. The molecule has 1 aromatic carbocycles. The third kappa shape index (κ3) is 10.1. The van der Waals surface area contributed by atoms with Crippen LogP contribution in [0.3, 0.4) is 0 Å². The number of rotatable bonds is 10. The van der Waals surface area contributed by atoms with E-state index in [1.165, 1.54) is 7.11 Å². The highest BCUT2D eigenvalue weighted by Gasteiger charge is 2.24. The summed E-state index contributed by atoms with van der Waals surface area (Å²) in [7, 11) is 1.35. The molecule has 1 unspecified atom stereocenters. The van der Waals surface area contributed by atoms with E-state index in [9.17, 15) is 8.42 Å². The Balaban J connectivity index is 0.00000784. The molecule has 0 bridgehead atoms. The minimum atomic E-state index is -3.56. The summed E-state index contributed by atoms with van der Waals surface area (Å²) in [6.45, 7) is 7.94. The predicted octanol–water partition coefficient (Wildman–Crippen LogP) is 1.96. The molecule has 1 rings (SSSR count). The summed E-state index contributed by atoms with van der Waals surface area (Å²) in [6, 6.07) is 6.79. The lowest BCUT2D eigenvalue weighted by molar-refractivity contribution is 0.0205. The highest BCUT2D eigenvalue weighted by molar-refractivity contribution is 14.0. The topological polar surface area (TPSA) is 101 Å². The molecule has 0 aromatic heterocycles. The third-order valence-corrected chi connectivity index (χ3v) is 5.65. The van der Waals surface area contributed by atoms with Gasteiger partial charge in [0.1, 0.15) is 0 Å². The monoisotopic (exact) mass is 542 g/mol. The van der Waals surface area contributed by atoms with E-state index < -0.39 is 10.0 Å². The summed E-state index contributed by atoms with van der Waals surface area (Å²) in [5, 5.41) is 6.44. The van der Waals surface area contributed by atoms with Crippen LogP contribution in [0, 0.1) is 5.41 Å². The largest absolute Gasteiger partial charge is 0.383 e. The molecule has 0 aliphatic rings. The second kappa shape index (κ2) is 13.4. The van der Waals surface area contributed by atoms with Crippen molar-refractivity contribution in [2.75, 3.05) is 41.0 Å². The summed E-state index contributed by atoms with van der Waals surface area (Å²) >= 11 is 0. The average Bonchev–Trinajstić information content (AvgIpc) is 2.64. The van der Waals surface area contributed by atoms with E-state index in [2.05, 4.69) is 41.1 Å². The Morgan fingerprint density at radius 2 is 1.90 bits per heavy atom. The highest BCUT2D eigenvalue weighted by atomic mass is 127. The molecule has 0 saturated carbocycles. The highest BCUT2D eigenvalue weighted by Crippen LogP contribution is 2.20. The van der Waals surface area contributed by atoms with Gasteiger partial charge in [-0.2, -0.15) is 0 Å². The number of hydrogen-bond donors (Lipinski definition) is 3. The Morgan fingerprint density at radius 3 is 2.45 bits per heavy atom. The maximum Gasteiger partial charge on any atom is 0.240 e.